The lowest BCUT2D eigenvalue weighted by Gasteiger charge is -2.38. The molecule has 1 aliphatic carbocycles. The summed E-state index contributed by atoms with van der Waals surface area (Å²) in [6.07, 6.45) is 3.12. The Hall–Kier alpha value is -0.650. The highest BCUT2D eigenvalue weighted by atomic mass is 16.1. The summed E-state index contributed by atoms with van der Waals surface area (Å²) in [4.78, 5) is 17.1. The van der Waals surface area contributed by atoms with Crippen LogP contribution in [0.4, 0.5) is 0 Å². The van der Waals surface area contributed by atoms with Gasteiger partial charge in [0.05, 0.1) is 0 Å². The van der Waals surface area contributed by atoms with E-state index in [1.54, 1.807) is 0 Å². The molecule has 4 atom stereocenters. The van der Waals surface area contributed by atoms with E-state index in [0.717, 1.165) is 45.4 Å². The average molecular weight is 282 g/mol. The molecule has 5 heteroatoms. The van der Waals surface area contributed by atoms with Gasteiger partial charge in [-0.25, -0.2) is 0 Å². The molecule has 5 nitrogen and oxygen atoms in total. The predicted molar refractivity (Wildman–Crippen MR) is 81.4 cm³/mol. The number of hydrogen-bond donors (Lipinski definition) is 2. The SMILES string of the molecule is CC1C(N)CCCC1C(=O)NCC1CN(C)CCN1C. The van der Waals surface area contributed by atoms with Gasteiger partial charge in [-0.1, -0.05) is 13.3 Å². The smallest absolute Gasteiger partial charge is 0.223 e. The summed E-state index contributed by atoms with van der Waals surface area (Å²) in [6.45, 7) is 6.07. The van der Waals surface area contributed by atoms with E-state index in [9.17, 15) is 4.79 Å². The number of nitrogens with zero attached hydrogens (tertiary/aromatic N) is 2. The zero-order valence-electron chi connectivity index (χ0n) is 13.1. The van der Waals surface area contributed by atoms with Crippen LogP contribution in [0.1, 0.15) is 26.2 Å². The number of hydrogen-bond acceptors (Lipinski definition) is 4. The molecule has 1 heterocycles. The first-order chi connectivity index (χ1) is 9.49. The highest BCUT2D eigenvalue weighted by molar-refractivity contribution is 5.79. The van der Waals surface area contributed by atoms with Crippen LogP contribution in [0.2, 0.25) is 0 Å². The number of rotatable bonds is 3. The van der Waals surface area contributed by atoms with E-state index in [4.69, 9.17) is 5.73 Å². The first-order valence-electron chi connectivity index (χ1n) is 7.91. The Bertz CT molecular complexity index is 336. The zero-order chi connectivity index (χ0) is 14.7. The highest BCUT2D eigenvalue weighted by Crippen LogP contribution is 2.29. The van der Waals surface area contributed by atoms with Crippen LogP contribution in [0.5, 0.6) is 0 Å². The fourth-order valence-electron chi connectivity index (χ4n) is 3.44. The average Bonchev–Trinajstić information content (AvgIpc) is 2.42. The van der Waals surface area contributed by atoms with Crippen LogP contribution in [0.15, 0.2) is 0 Å². The lowest BCUT2D eigenvalue weighted by atomic mass is 9.77. The number of carbonyl (C=O) groups excluding carboxylic acids is 1. The Morgan fingerprint density at radius 3 is 2.80 bits per heavy atom. The molecule has 0 bridgehead atoms. The molecule has 0 radical (unpaired) electrons. The maximum Gasteiger partial charge on any atom is 0.223 e. The number of nitrogens with two attached hydrogens (primary N) is 1. The first-order valence-corrected chi connectivity index (χ1v) is 7.91. The topological polar surface area (TPSA) is 61.6 Å². The molecule has 2 fully saturated rings. The predicted octanol–water partition coefficient (Wildman–Crippen LogP) is 0.112. The van der Waals surface area contributed by atoms with Crippen molar-refractivity contribution < 1.29 is 4.79 Å². The maximum atomic E-state index is 12.4. The summed E-state index contributed by atoms with van der Waals surface area (Å²) in [7, 11) is 4.28. The van der Waals surface area contributed by atoms with E-state index in [-0.39, 0.29) is 17.9 Å². The molecule has 116 valence electrons. The van der Waals surface area contributed by atoms with Gasteiger partial charge in [-0.05, 0) is 32.9 Å². The van der Waals surface area contributed by atoms with Crippen molar-refractivity contribution >= 4 is 5.91 Å². The van der Waals surface area contributed by atoms with E-state index in [1.165, 1.54) is 0 Å². The van der Waals surface area contributed by atoms with Gasteiger partial charge in [-0.15, -0.1) is 0 Å². The normalized spacial score (nSPS) is 36.8. The van der Waals surface area contributed by atoms with E-state index >= 15 is 0 Å². The Morgan fingerprint density at radius 1 is 1.30 bits per heavy atom. The van der Waals surface area contributed by atoms with Crippen LogP contribution in [0.3, 0.4) is 0 Å². The van der Waals surface area contributed by atoms with Crippen molar-refractivity contribution in [2.24, 2.45) is 17.6 Å². The molecule has 2 rings (SSSR count). The molecule has 1 saturated heterocycles. The first kappa shape index (κ1) is 15.7. The molecule has 1 saturated carbocycles. The molecule has 4 unspecified atom stereocenters. The highest BCUT2D eigenvalue weighted by Gasteiger charge is 2.33. The second-order valence-corrected chi connectivity index (χ2v) is 6.70. The quantitative estimate of drug-likeness (QED) is 0.771. The lowest BCUT2D eigenvalue weighted by Crippen LogP contribution is -2.55. The van der Waals surface area contributed by atoms with Crippen molar-refractivity contribution in [3.8, 4) is 0 Å². The fourth-order valence-corrected chi connectivity index (χ4v) is 3.44. The van der Waals surface area contributed by atoms with E-state index in [2.05, 4.69) is 36.1 Å². The van der Waals surface area contributed by atoms with E-state index in [0.29, 0.717) is 12.0 Å². The summed E-state index contributed by atoms with van der Waals surface area (Å²) in [5.74, 6) is 0.607. The number of nitrogens with one attached hydrogen (secondary N) is 1. The molecule has 0 spiro atoms. The van der Waals surface area contributed by atoms with Crippen LogP contribution in [0.25, 0.3) is 0 Å². The summed E-state index contributed by atoms with van der Waals surface area (Å²) >= 11 is 0. The largest absolute Gasteiger partial charge is 0.354 e. The van der Waals surface area contributed by atoms with E-state index < -0.39 is 0 Å². The second kappa shape index (κ2) is 6.87. The molecule has 3 N–H and O–H groups in total. The van der Waals surface area contributed by atoms with Gasteiger partial charge in [-0.2, -0.15) is 0 Å². The number of piperazine rings is 1. The number of amides is 1. The Balaban J connectivity index is 1.82. The minimum Gasteiger partial charge on any atom is -0.354 e. The maximum absolute atomic E-state index is 12.4. The summed E-state index contributed by atoms with van der Waals surface area (Å²) in [5, 5.41) is 3.16. The van der Waals surface area contributed by atoms with Crippen LogP contribution >= 0.6 is 0 Å². The summed E-state index contributed by atoms with van der Waals surface area (Å²) < 4.78 is 0. The van der Waals surface area contributed by atoms with E-state index in [1.807, 2.05) is 0 Å². The molecule has 1 aliphatic heterocycles. The summed E-state index contributed by atoms with van der Waals surface area (Å²) in [5.41, 5.74) is 6.09. The van der Waals surface area contributed by atoms with Crippen molar-refractivity contribution in [2.45, 2.75) is 38.3 Å². The van der Waals surface area contributed by atoms with Gasteiger partial charge in [0, 0.05) is 44.2 Å². The van der Waals surface area contributed by atoms with Gasteiger partial charge >= 0.3 is 0 Å². The van der Waals surface area contributed by atoms with Crippen molar-refractivity contribution in [3.63, 3.8) is 0 Å². The molecule has 1 amide bonds. The Labute approximate surface area is 122 Å². The van der Waals surface area contributed by atoms with Gasteiger partial charge in [0.25, 0.3) is 0 Å². The fraction of sp³-hybridized carbons (Fsp3) is 0.933. The van der Waals surface area contributed by atoms with Crippen molar-refractivity contribution in [3.05, 3.63) is 0 Å². The van der Waals surface area contributed by atoms with Crippen LogP contribution in [0, 0.1) is 11.8 Å². The Morgan fingerprint density at radius 2 is 2.05 bits per heavy atom. The van der Waals surface area contributed by atoms with Crippen molar-refractivity contribution in [1.82, 2.24) is 15.1 Å². The monoisotopic (exact) mass is 282 g/mol. The standard InChI is InChI=1S/C15H30N4O/c1-11-13(5-4-6-14(11)16)15(20)17-9-12-10-18(2)7-8-19(12)3/h11-14H,4-10,16H2,1-3H3,(H,17,20). The minimum atomic E-state index is 0.102. The number of likely N-dealkylation sites (N-methyl/N-ethyl adjacent to an activating group) is 2. The van der Waals surface area contributed by atoms with Gasteiger partial charge in [0.2, 0.25) is 5.91 Å². The van der Waals surface area contributed by atoms with Gasteiger partial charge < -0.3 is 16.0 Å². The van der Waals surface area contributed by atoms with Crippen LogP contribution < -0.4 is 11.1 Å². The van der Waals surface area contributed by atoms with Crippen LogP contribution in [-0.4, -0.2) is 68.1 Å². The minimum absolute atomic E-state index is 0.102. The van der Waals surface area contributed by atoms with Crippen molar-refractivity contribution in [2.75, 3.05) is 40.3 Å². The molecular weight excluding hydrogens is 252 g/mol. The lowest BCUT2D eigenvalue weighted by molar-refractivity contribution is -0.128. The Kier molecular flexibility index (Phi) is 5.41. The molecular formula is C15H30N4O. The third-order valence-electron chi connectivity index (χ3n) is 5.19. The number of carbonyl (C=O) groups is 1. The third-order valence-corrected chi connectivity index (χ3v) is 5.19. The second-order valence-electron chi connectivity index (χ2n) is 6.70. The van der Waals surface area contributed by atoms with Gasteiger partial charge in [0.15, 0.2) is 0 Å². The molecule has 2 aliphatic rings. The van der Waals surface area contributed by atoms with Gasteiger partial charge in [-0.3, -0.25) is 9.69 Å². The molecule has 0 aromatic heterocycles. The van der Waals surface area contributed by atoms with Crippen LogP contribution in [-0.2, 0) is 4.79 Å². The molecule has 0 aromatic carbocycles. The summed E-state index contributed by atoms with van der Waals surface area (Å²) in [6, 6.07) is 0.605. The molecule has 0 aromatic rings. The van der Waals surface area contributed by atoms with Gasteiger partial charge in [0.1, 0.15) is 0 Å². The zero-order valence-corrected chi connectivity index (χ0v) is 13.1. The molecule has 20 heavy (non-hydrogen) atoms. The van der Waals surface area contributed by atoms with Crippen molar-refractivity contribution in [1.29, 1.82) is 0 Å². The third kappa shape index (κ3) is 3.71.